The maximum Gasteiger partial charge on any atom is 0.257 e. The van der Waals surface area contributed by atoms with Gasteiger partial charge in [-0.2, -0.15) is 0 Å². The molecule has 2 aliphatic heterocycles. The smallest absolute Gasteiger partial charge is 0.257 e. The topological polar surface area (TPSA) is 70.2 Å². The first-order valence-electron chi connectivity index (χ1n) is 10.6. The fourth-order valence-corrected chi connectivity index (χ4v) is 6.76. The van der Waals surface area contributed by atoms with Gasteiger partial charge in [-0.05, 0) is 36.7 Å². The first kappa shape index (κ1) is 19.8. The summed E-state index contributed by atoms with van der Waals surface area (Å²) in [5.41, 5.74) is 1.66. The zero-order valence-electron chi connectivity index (χ0n) is 17.4. The monoisotopic (exact) mass is 429 g/mol. The molecular formula is C22H27N3O4S. The number of carbonyl (C=O) groups is 3. The largest absolute Gasteiger partial charge is 0.383 e. The molecule has 0 N–H and O–H groups in total. The highest BCUT2D eigenvalue weighted by molar-refractivity contribution is 7.17. The van der Waals surface area contributed by atoms with E-state index in [1.54, 1.807) is 19.1 Å². The summed E-state index contributed by atoms with van der Waals surface area (Å²) in [5, 5.41) is 0.716. The molecule has 0 unspecified atom stereocenters. The van der Waals surface area contributed by atoms with Crippen LogP contribution in [0.15, 0.2) is 12.2 Å². The van der Waals surface area contributed by atoms with E-state index in [1.807, 2.05) is 4.90 Å². The molecule has 4 aliphatic rings. The van der Waals surface area contributed by atoms with E-state index in [1.165, 1.54) is 16.2 Å². The number of likely N-dealkylation sites (N-methyl/N-ethyl adjacent to an activating group) is 1. The van der Waals surface area contributed by atoms with E-state index in [0.29, 0.717) is 55.1 Å². The Hall–Kier alpha value is -2.19. The molecule has 3 atom stereocenters. The Morgan fingerprint density at radius 1 is 1.23 bits per heavy atom. The van der Waals surface area contributed by atoms with E-state index in [-0.39, 0.29) is 30.2 Å². The zero-order chi connectivity index (χ0) is 21.0. The highest BCUT2D eigenvalue weighted by Crippen LogP contribution is 2.46. The second-order valence-corrected chi connectivity index (χ2v) is 9.86. The van der Waals surface area contributed by atoms with E-state index in [4.69, 9.17) is 4.74 Å². The summed E-state index contributed by atoms with van der Waals surface area (Å²) in [6.07, 6.45) is 7.21. The van der Waals surface area contributed by atoms with Crippen LogP contribution in [0.2, 0.25) is 0 Å². The summed E-state index contributed by atoms with van der Waals surface area (Å²) in [4.78, 5) is 45.3. The van der Waals surface area contributed by atoms with Crippen molar-refractivity contribution in [2.45, 2.75) is 25.8 Å². The zero-order valence-corrected chi connectivity index (χ0v) is 18.2. The van der Waals surface area contributed by atoms with Crippen LogP contribution in [0.1, 0.15) is 33.6 Å². The minimum atomic E-state index is -0.103. The Morgan fingerprint density at radius 2 is 2.07 bits per heavy atom. The third-order valence-electron chi connectivity index (χ3n) is 6.94. The molecule has 1 fully saturated rings. The van der Waals surface area contributed by atoms with Crippen molar-refractivity contribution in [3.8, 4) is 0 Å². The maximum atomic E-state index is 13.2. The minimum absolute atomic E-state index is 0.0705. The third-order valence-corrected chi connectivity index (χ3v) is 8.18. The first-order valence-corrected chi connectivity index (χ1v) is 11.5. The van der Waals surface area contributed by atoms with Crippen LogP contribution >= 0.6 is 11.3 Å². The fraction of sp³-hybridized carbons (Fsp3) is 0.591. The molecule has 30 heavy (non-hydrogen) atoms. The number of hydrogen-bond acceptors (Lipinski definition) is 5. The quantitative estimate of drug-likeness (QED) is 0.686. The van der Waals surface area contributed by atoms with Gasteiger partial charge in [-0.3, -0.25) is 19.3 Å². The van der Waals surface area contributed by atoms with Gasteiger partial charge in [0.15, 0.2) is 0 Å². The number of ether oxygens (including phenoxy) is 1. The van der Waals surface area contributed by atoms with Crippen molar-refractivity contribution in [3.63, 3.8) is 0 Å². The highest BCUT2D eigenvalue weighted by atomic mass is 32.1. The second kappa shape index (κ2) is 7.50. The number of hydrogen-bond donors (Lipinski definition) is 0. The molecule has 0 saturated heterocycles. The molecule has 3 heterocycles. The maximum absolute atomic E-state index is 13.2. The average Bonchev–Trinajstić information content (AvgIpc) is 3.45. The molecule has 1 aromatic heterocycles. The molecular weight excluding hydrogens is 402 g/mol. The summed E-state index contributed by atoms with van der Waals surface area (Å²) in [6.45, 7) is 2.07. The van der Waals surface area contributed by atoms with E-state index in [2.05, 4.69) is 12.2 Å². The van der Waals surface area contributed by atoms with Gasteiger partial charge < -0.3 is 14.5 Å². The van der Waals surface area contributed by atoms with Crippen molar-refractivity contribution < 1.29 is 19.1 Å². The van der Waals surface area contributed by atoms with Crippen molar-refractivity contribution in [1.29, 1.82) is 0 Å². The van der Waals surface area contributed by atoms with Gasteiger partial charge in [-0.15, -0.1) is 11.3 Å². The molecule has 2 bridgehead atoms. The van der Waals surface area contributed by atoms with E-state index in [0.717, 1.165) is 23.3 Å². The van der Waals surface area contributed by atoms with Crippen LogP contribution in [0, 0.1) is 17.8 Å². The van der Waals surface area contributed by atoms with Crippen LogP contribution in [0.25, 0.3) is 0 Å². The second-order valence-electron chi connectivity index (χ2n) is 8.78. The lowest BCUT2D eigenvalue weighted by Gasteiger charge is -2.31. The molecule has 3 amide bonds. The van der Waals surface area contributed by atoms with Crippen LogP contribution in [-0.2, 0) is 27.3 Å². The lowest BCUT2D eigenvalue weighted by molar-refractivity contribution is -0.137. The van der Waals surface area contributed by atoms with Crippen molar-refractivity contribution in [3.05, 3.63) is 28.2 Å². The molecule has 160 valence electrons. The summed E-state index contributed by atoms with van der Waals surface area (Å²) in [6, 6.07) is 0. The van der Waals surface area contributed by atoms with E-state index < -0.39 is 0 Å². The van der Waals surface area contributed by atoms with Crippen molar-refractivity contribution in [2.24, 2.45) is 17.8 Å². The Morgan fingerprint density at radius 3 is 2.77 bits per heavy atom. The van der Waals surface area contributed by atoms with Gasteiger partial charge in [0.1, 0.15) is 11.5 Å². The Bertz CT molecular complexity index is 939. The summed E-state index contributed by atoms with van der Waals surface area (Å²) >= 11 is 1.49. The lowest BCUT2D eigenvalue weighted by Crippen LogP contribution is -2.41. The van der Waals surface area contributed by atoms with Crippen LogP contribution in [0.5, 0.6) is 0 Å². The number of fused-ring (bicyclic) bond motifs is 5. The van der Waals surface area contributed by atoms with Crippen molar-refractivity contribution in [1.82, 2.24) is 9.80 Å². The van der Waals surface area contributed by atoms with Gasteiger partial charge in [0.05, 0.1) is 25.3 Å². The molecule has 8 heteroatoms. The molecule has 1 saturated carbocycles. The van der Waals surface area contributed by atoms with Crippen molar-refractivity contribution in [2.75, 3.05) is 45.3 Å². The molecule has 7 nitrogen and oxygen atoms in total. The van der Waals surface area contributed by atoms with Gasteiger partial charge in [-0.25, -0.2) is 0 Å². The molecule has 0 spiro atoms. The molecule has 0 radical (unpaired) electrons. The number of anilines is 1. The Balaban J connectivity index is 1.44. The van der Waals surface area contributed by atoms with Gasteiger partial charge in [-0.1, -0.05) is 12.2 Å². The number of thiophene rings is 1. The number of allylic oxidation sites excluding steroid dienone is 2. The normalized spacial score (nSPS) is 27.5. The minimum Gasteiger partial charge on any atom is -0.383 e. The molecule has 1 aromatic rings. The fourth-order valence-electron chi connectivity index (χ4n) is 5.36. The number of carbonyl (C=O) groups excluding carboxylic acids is 3. The Kier molecular flexibility index (Phi) is 4.94. The van der Waals surface area contributed by atoms with E-state index >= 15 is 0 Å². The van der Waals surface area contributed by atoms with Crippen LogP contribution in [-0.4, -0.2) is 67.9 Å². The predicted octanol–water partition coefficient (Wildman–Crippen LogP) is 1.91. The van der Waals surface area contributed by atoms with Crippen LogP contribution in [0.3, 0.4) is 0 Å². The lowest BCUT2D eigenvalue weighted by atomic mass is 9.91. The highest BCUT2D eigenvalue weighted by Gasteiger charge is 2.43. The summed E-state index contributed by atoms with van der Waals surface area (Å²) in [7, 11) is 3.28. The van der Waals surface area contributed by atoms with Gasteiger partial charge in [0.25, 0.3) is 5.91 Å². The SMILES string of the molecule is COCCN1C(=O)CN(C)C(=O)c2c1sc1c2CCN(C(=O)[C@H]2C[C@@H]3C=C[C@H]2C3)C1. The van der Waals surface area contributed by atoms with Crippen molar-refractivity contribution >= 4 is 34.1 Å². The number of methoxy groups -OCH3 is 1. The Labute approximate surface area is 180 Å². The third kappa shape index (κ3) is 3.08. The number of amides is 3. The molecule has 2 aliphatic carbocycles. The van der Waals surface area contributed by atoms with Gasteiger partial charge in [0.2, 0.25) is 11.8 Å². The molecule has 0 aromatic carbocycles. The average molecular weight is 430 g/mol. The standard InChI is InChI=1S/C22H27N3O4S/c1-23-12-18(26)25(7-8-29-2)22-19(21(23)28)15-5-6-24(11-17(15)30-22)20(27)16-10-13-3-4-14(16)9-13/h3-4,13-14,16H,5-12H2,1-2H3/t13-,14+,16+/m1/s1. The van der Waals surface area contributed by atoms with Crippen LogP contribution in [0.4, 0.5) is 5.00 Å². The van der Waals surface area contributed by atoms with Gasteiger partial charge in [0, 0.05) is 31.5 Å². The predicted molar refractivity (Wildman–Crippen MR) is 113 cm³/mol. The number of nitrogens with zero attached hydrogens (tertiary/aromatic N) is 3. The molecule has 5 rings (SSSR count). The number of rotatable bonds is 4. The summed E-state index contributed by atoms with van der Waals surface area (Å²) < 4.78 is 5.19. The van der Waals surface area contributed by atoms with Gasteiger partial charge >= 0.3 is 0 Å². The first-order chi connectivity index (χ1) is 14.5. The summed E-state index contributed by atoms with van der Waals surface area (Å²) in [5.74, 6) is 1.11. The van der Waals surface area contributed by atoms with Crippen LogP contribution < -0.4 is 4.90 Å². The van der Waals surface area contributed by atoms with E-state index in [9.17, 15) is 14.4 Å².